The first-order valence-electron chi connectivity index (χ1n) is 9.00. The lowest BCUT2D eigenvalue weighted by Gasteiger charge is -2.22. The predicted molar refractivity (Wildman–Crippen MR) is 109 cm³/mol. The maximum Gasteiger partial charge on any atom is 0.265 e. The number of benzene rings is 2. The molecule has 0 saturated heterocycles. The first-order valence-corrected chi connectivity index (χ1v) is 9.00. The molecule has 146 valence electrons. The Labute approximate surface area is 165 Å². The van der Waals surface area contributed by atoms with Gasteiger partial charge in [-0.1, -0.05) is 18.9 Å². The standard InChI is InChI=1S/C22H24N2O4/c1-4-13-27-19-9-11-20(12-10-19)28-16-22(26)24(15-21(25)23-3)18-8-6-7-17(5-2)14-18/h2,6-12,14H,4,13,15-16H2,1,3H3,(H,23,25). The maximum absolute atomic E-state index is 12.7. The molecule has 0 atom stereocenters. The molecule has 0 saturated carbocycles. The molecule has 0 bridgehead atoms. The van der Waals surface area contributed by atoms with Gasteiger partial charge in [0.2, 0.25) is 5.91 Å². The van der Waals surface area contributed by atoms with Crippen LogP contribution in [0.25, 0.3) is 0 Å². The Morgan fingerprint density at radius 3 is 2.39 bits per heavy atom. The van der Waals surface area contributed by atoms with Crippen LogP contribution in [0, 0.1) is 12.3 Å². The van der Waals surface area contributed by atoms with Crippen LogP contribution in [0.3, 0.4) is 0 Å². The van der Waals surface area contributed by atoms with E-state index >= 15 is 0 Å². The lowest BCUT2D eigenvalue weighted by Crippen LogP contribution is -2.42. The Kier molecular flexibility index (Phi) is 7.92. The van der Waals surface area contributed by atoms with E-state index < -0.39 is 0 Å². The number of ether oxygens (including phenoxy) is 2. The number of likely N-dealkylation sites (N-methyl/N-ethyl adjacent to an activating group) is 1. The zero-order chi connectivity index (χ0) is 20.4. The van der Waals surface area contributed by atoms with Crippen LogP contribution in [0.2, 0.25) is 0 Å². The number of rotatable bonds is 9. The molecule has 2 amide bonds. The molecule has 0 aliphatic rings. The Morgan fingerprint density at radius 1 is 1.11 bits per heavy atom. The lowest BCUT2D eigenvalue weighted by atomic mass is 10.2. The SMILES string of the molecule is C#Cc1cccc(N(CC(=O)NC)C(=O)COc2ccc(OCCC)cc2)c1. The van der Waals surface area contributed by atoms with E-state index in [9.17, 15) is 9.59 Å². The van der Waals surface area contributed by atoms with Crippen LogP contribution in [-0.2, 0) is 9.59 Å². The fourth-order valence-electron chi connectivity index (χ4n) is 2.38. The van der Waals surface area contributed by atoms with Crippen LogP contribution in [0.5, 0.6) is 11.5 Å². The van der Waals surface area contributed by atoms with Crippen molar-refractivity contribution < 1.29 is 19.1 Å². The summed E-state index contributed by atoms with van der Waals surface area (Å²) < 4.78 is 11.1. The normalized spacial score (nSPS) is 9.89. The van der Waals surface area contributed by atoms with Crippen molar-refractivity contribution in [2.45, 2.75) is 13.3 Å². The summed E-state index contributed by atoms with van der Waals surface area (Å²) in [6, 6.07) is 13.9. The first kappa shape index (κ1) is 20.8. The molecule has 0 aromatic heterocycles. The van der Waals surface area contributed by atoms with Crippen molar-refractivity contribution in [3.8, 4) is 23.8 Å². The molecular weight excluding hydrogens is 356 g/mol. The first-order chi connectivity index (χ1) is 13.6. The average Bonchev–Trinajstić information content (AvgIpc) is 2.74. The summed E-state index contributed by atoms with van der Waals surface area (Å²) in [7, 11) is 1.52. The average molecular weight is 380 g/mol. The van der Waals surface area contributed by atoms with Gasteiger partial charge in [-0.25, -0.2) is 0 Å². The van der Waals surface area contributed by atoms with Crippen molar-refractivity contribution in [2.75, 3.05) is 31.7 Å². The fourth-order valence-corrected chi connectivity index (χ4v) is 2.38. The summed E-state index contributed by atoms with van der Waals surface area (Å²) in [4.78, 5) is 25.9. The molecule has 0 heterocycles. The van der Waals surface area contributed by atoms with E-state index in [1.807, 2.05) is 6.92 Å². The summed E-state index contributed by atoms with van der Waals surface area (Å²) >= 11 is 0. The van der Waals surface area contributed by atoms with Crippen molar-refractivity contribution in [3.63, 3.8) is 0 Å². The second-order valence-electron chi connectivity index (χ2n) is 5.96. The maximum atomic E-state index is 12.7. The summed E-state index contributed by atoms with van der Waals surface area (Å²) in [5.74, 6) is 3.15. The Hall–Kier alpha value is -3.46. The Balaban J connectivity index is 2.07. The van der Waals surface area contributed by atoms with Crippen LogP contribution >= 0.6 is 0 Å². The van der Waals surface area contributed by atoms with Crippen molar-refractivity contribution in [3.05, 3.63) is 54.1 Å². The van der Waals surface area contributed by atoms with Gasteiger partial charge in [0.15, 0.2) is 6.61 Å². The number of carbonyl (C=O) groups is 2. The van der Waals surface area contributed by atoms with Crippen molar-refractivity contribution in [1.82, 2.24) is 5.32 Å². The number of hydrogen-bond acceptors (Lipinski definition) is 4. The van der Waals surface area contributed by atoms with Gasteiger partial charge in [0.1, 0.15) is 18.0 Å². The molecule has 0 spiro atoms. The minimum atomic E-state index is -0.357. The third-order valence-electron chi connectivity index (χ3n) is 3.87. The summed E-state index contributed by atoms with van der Waals surface area (Å²) in [5.41, 5.74) is 1.16. The molecule has 0 aliphatic heterocycles. The van der Waals surface area contributed by atoms with Gasteiger partial charge in [-0.3, -0.25) is 9.59 Å². The van der Waals surface area contributed by atoms with Crippen molar-refractivity contribution in [1.29, 1.82) is 0 Å². The van der Waals surface area contributed by atoms with Crippen LogP contribution in [0.4, 0.5) is 5.69 Å². The van der Waals surface area contributed by atoms with E-state index in [0.29, 0.717) is 23.6 Å². The Morgan fingerprint density at radius 2 is 1.79 bits per heavy atom. The molecule has 1 N–H and O–H groups in total. The van der Waals surface area contributed by atoms with Crippen LogP contribution in [0.1, 0.15) is 18.9 Å². The molecule has 0 unspecified atom stereocenters. The van der Waals surface area contributed by atoms with Crippen LogP contribution < -0.4 is 19.7 Å². The number of anilines is 1. The number of hydrogen-bond donors (Lipinski definition) is 1. The lowest BCUT2D eigenvalue weighted by molar-refractivity contribution is -0.124. The molecule has 6 heteroatoms. The van der Waals surface area contributed by atoms with E-state index in [1.54, 1.807) is 48.5 Å². The molecule has 2 aromatic rings. The third kappa shape index (κ3) is 6.06. The van der Waals surface area contributed by atoms with Gasteiger partial charge in [-0.2, -0.15) is 0 Å². The highest BCUT2D eigenvalue weighted by molar-refractivity contribution is 5.99. The number of nitrogens with one attached hydrogen (secondary N) is 1. The van der Waals surface area contributed by atoms with Gasteiger partial charge in [-0.05, 0) is 48.9 Å². The van der Waals surface area contributed by atoms with Gasteiger partial charge in [0.25, 0.3) is 5.91 Å². The molecule has 6 nitrogen and oxygen atoms in total. The molecule has 0 fully saturated rings. The third-order valence-corrected chi connectivity index (χ3v) is 3.87. The summed E-state index contributed by atoms with van der Waals surface area (Å²) in [6.07, 6.45) is 6.36. The van der Waals surface area contributed by atoms with Crippen LogP contribution in [-0.4, -0.2) is 38.6 Å². The molecule has 2 aromatic carbocycles. The van der Waals surface area contributed by atoms with Crippen molar-refractivity contribution in [2.24, 2.45) is 0 Å². The number of nitrogens with zero attached hydrogens (tertiary/aromatic N) is 1. The van der Waals surface area contributed by atoms with Gasteiger partial charge >= 0.3 is 0 Å². The van der Waals surface area contributed by atoms with Gasteiger partial charge < -0.3 is 19.7 Å². The fraction of sp³-hybridized carbons (Fsp3) is 0.273. The van der Waals surface area contributed by atoms with Gasteiger partial charge in [0, 0.05) is 18.3 Å². The topological polar surface area (TPSA) is 67.9 Å². The minimum Gasteiger partial charge on any atom is -0.494 e. The highest BCUT2D eigenvalue weighted by Gasteiger charge is 2.19. The second kappa shape index (κ2) is 10.6. The largest absolute Gasteiger partial charge is 0.494 e. The van der Waals surface area contributed by atoms with E-state index in [-0.39, 0.29) is 25.0 Å². The number of amides is 2. The molecule has 2 rings (SSSR count). The minimum absolute atomic E-state index is 0.128. The van der Waals surface area contributed by atoms with E-state index in [2.05, 4.69) is 11.2 Å². The second-order valence-corrected chi connectivity index (χ2v) is 5.96. The zero-order valence-corrected chi connectivity index (χ0v) is 16.1. The highest BCUT2D eigenvalue weighted by Crippen LogP contribution is 2.19. The molecule has 28 heavy (non-hydrogen) atoms. The molecule has 0 aliphatic carbocycles. The molecule has 0 radical (unpaired) electrons. The smallest absolute Gasteiger partial charge is 0.265 e. The van der Waals surface area contributed by atoms with Crippen LogP contribution in [0.15, 0.2) is 48.5 Å². The molecular formula is C22H24N2O4. The predicted octanol–water partition coefficient (Wildman–Crippen LogP) is 2.61. The summed E-state index contributed by atoms with van der Waals surface area (Å²) in [5, 5.41) is 2.52. The van der Waals surface area contributed by atoms with Gasteiger partial charge in [0.05, 0.1) is 6.61 Å². The highest BCUT2D eigenvalue weighted by atomic mass is 16.5. The van der Waals surface area contributed by atoms with E-state index in [0.717, 1.165) is 12.2 Å². The zero-order valence-electron chi connectivity index (χ0n) is 16.1. The number of terminal acetylenes is 1. The van der Waals surface area contributed by atoms with E-state index in [1.165, 1.54) is 11.9 Å². The van der Waals surface area contributed by atoms with Crippen molar-refractivity contribution >= 4 is 17.5 Å². The Bertz CT molecular complexity index is 840. The monoisotopic (exact) mass is 380 g/mol. The quantitative estimate of drug-likeness (QED) is 0.679. The summed E-state index contributed by atoms with van der Waals surface area (Å²) in [6.45, 7) is 2.33. The van der Waals surface area contributed by atoms with E-state index in [4.69, 9.17) is 15.9 Å². The number of carbonyl (C=O) groups excluding carboxylic acids is 2. The van der Waals surface area contributed by atoms with Gasteiger partial charge in [-0.15, -0.1) is 6.42 Å².